The quantitative estimate of drug-likeness (QED) is 0.713. The number of aromatic nitrogens is 1. The zero-order chi connectivity index (χ0) is 16.0. The summed E-state index contributed by atoms with van der Waals surface area (Å²) >= 11 is 1.69. The van der Waals surface area contributed by atoms with E-state index in [2.05, 4.69) is 38.0 Å². The monoisotopic (exact) mass is 324 g/mol. The third kappa shape index (κ3) is 5.24. The van der Waals surface area contributed by atoms with Gasteiger partial charge in [-0.25, -0.2) is 0 Å². The Morgan fingerprint density at radius 3 is 2.82 bits per heavy atom. The van der Waals surface area contributed by atoms with E-state index >= 15 is 0 Å². The van der Waals surface area contributed by atoms with Gasteiger partial charge in [0, 0.05) is 13.2 Å². The van der Waals surface area contributed by atoms with Crippen LogP contribution in [0.5, 0.6) is 0 Å². The van der Waals surface area contributed by atoms with Gasteiger partial charge in [0.2, 0.25) is 0 Å². The Morgan fingerprint density at radius 2 is 2.18 bits per heavy atom. The second-order valence-corrected chi connectivity index (χ2v) is 8.47. The molecular formula is C18H32N2OS. The van der Waals surface area contributed by atoms with E-state index < -0.39 is 0 Å². The van der Waals surface area contributed by atoms with Gasteiger partial charge >= 0.3 is 0 Å². The first-order valence-electron chi connectivity index (χ1n) is 8.75. The van der Waals surface area contributed by atoms with Gasteiger partial charge in [0.1, 0.15) is 5.00 Å². The van der Waals surface area contributed by atoms with Gasteiger partial charge in [0.05, 0.1) is 17.8 Å². The summed E-state index contributed by atoms with van der Waals surface area (Å²) in [6.07, 6.45) is 8.70. The van der Waals surface area contributed by atoms with E-state index in [1.165, 1.54) is 37.1 Å². The van der Waals surface area contributed by atoms with Crippen LogP contribution in [0.1, 0.15) is 59.8 Å². The van der Waals surface area contributed by atoms with Crippen LogP contribution in [0, 0.1) is 17.3 Å². The lowest BCUT2D eigenvalue weighted by atomic mass is 9.69. The largest absolute Gasteiger partial charge is 0.378 e. The van der Waals surface area contributed by atoms with E-state index in [-0.39, 0.29) is 0 Å². The molecule has 0 spiro atoms. The van der Waals surface area contributed by atoms with Gasteiger partial charge in [-0.15, -0.1) is 11.3 Å². The second kappa shape index (κ2) is 8.30. The Kier molecular flexibility index (Phi) is 6.69. The van der Waals surface area contributed by atoms with E-state index in [0.717, 1.165) is 19.1 Å². The third-order valence-corrected chi connectivity index (χ3v) is 5.71. The predicted octanol–water partition coefficient (Wildman–Crippen LogP) is 5.20. The molecule has 1 aromatic heterocycles. The number of thiazole rings is 1. The number of nitrogens with one attached hydrogen (secondary N) is 1. The van der Waals surface area contributed by atoms with Gasteiger partial charge in [0.25, 0.3) is 0 Å². The molecule has 2 atom stereocenters. The van der Waals surface area contributed by atoms with E-state index in [9.17, 15) is 0 Å². The highest BCUT2D eigenvalue weighted by Crippen LogP contribution is 2.43. The Balaban J connectivity index is 1.94. The van der Waals surface area contributed by atoms with Gasteiger partial charge in [-0.2, -0.15) is 0 Å². The standard InChI is InChI=1S/C18H32N2OS/c1-14(2)5-6-18(7-9-20-17-12-19-13-22-17)8-10-21-16(11-18)15(3)4/h12-16,20H,5-11H2,1-4H3/t16-,18-/m1/s1. The zero-order valence-electron chi connectivity index (χ0n) is 14.6. The maximum atomic E-state index is 6.03. The van der Waals surface area contributed by atoms with Crippen molar-refractivity contribution in [1.82, 2.24) is 4.98 Å². The molecule has 3 nitrogen and oxygen atoms in total. The molecular weight excluding hydrogens is 292 g/mol. The number of ether oxygens (including phenoxy) is 1. The molecule has 0 aromatic carbocycles. The highest BCUT2D eigenvalue weighted by molar-refractivity contribution is 7.13. The number of hydrogen-bond acceptors (Lipinski definition) is 4. The third-order valence-electron chi connectivity index (χ3n) is 4.98. The Morgan fingerprint density at radius 1 is 1.36 bits per heavy atom. The molecule has 1 aliphatic rings. The van der Waals surface area contributed by atoms with Crippen molar-refractivity contribution in [3.8, 4) is 0 Å². The summed E-state index contributed by atoms with van der Waals surface area (Å²) in [6.45, 7) is 11.2. The SMILES string of the molecule is CC(C)CC[C@@]1(CCNc2cncs2)CCO[C@@H](C(C)C)C1. The summed E-state index contributed by atoms with van der Waals surface area (Å²) < 4.78 is 6.03. The fraction of sp³-hybridized carbons (Fsp3) is 0.833. The Labute approximate surface area is 139 Å². The lowest BCUT2D eigenvalue weighted by Crippen LogP contribution is -2.39. The van der Waals surface area contributed by atoms with E-state index in [1.54, 1.807) is 11.3 Å². The van der Waals surface area contributed by atoms with Crippen LogP contribution < -0.4 is 5.32 Å². The maximum absolute atomic E-state index is 6.03. The van der Waals surface area contributed by atoms with E-state index in [1.807, 2.05) is 11.7 Å². The molecule has 4 heteroatoms. The fourth-order valence-corrected chi connectivity index (χ4v) is 3.91. The molecule has 1 N–H and O–H groups in total. The molecule has 0 amide bonds. The molecule has 1 fully saturated rings. The van der Waals surface area contributed by atoms with Crippen LogP contribution in [0.15, 0.2) is 11.7 Å². The first kappa shape index (κ1) is 17.7. The highest BCUT2D eigenvalue weighted by atomic mass is 32.1. The minimum absolute atomic E-state index is 0.435. The van der Waals surface area contributed by atoms with Crippen molar-refractivity contribution < 1.29 is 4.74 Å². The molecule has 0 bridgehead atoms. The number of nitrogens with zero attached hydrogens (tertiary/aromatic N) is 1. The molecule has 2 rings (SSSR count). The van der Waals surface area contributed by atoms with Crippen molar-refractivity contribution in [1.29, 1.82) is 0 Å². The van der Waals surface area contributed by atoms with Crippen LogP contribution in [0.25, 0.3) is 0 Å². The number of hydrogen-bond donors (Lipinski definition) is 1. The molecule has 1 saturated heterocycles. The molecule has 0 aliphatic carbocycles. The minimum atomic E-state index is 0.435. The lowest BCUT2D eigenvalue weighted by molar-refractivity contribution is -0.0752. The highest BCUT2D eigenvalue weighted by Gasteiger charge is 2.37. The van der Waals surface area contributed by atoms with Crippen molar-refractivity contribution in [2.24, 2.45) is 17.3 Å². The van der Waals surface area contributed by atoms with Crippen LogP contribution in [-0.4, -0.2) is 24.2 Å². The summed E-state index contributed by atoms with van der Waals surface area (Å²) in [5, 5.41) is 4.73. The topological polar surface area (TPSA) is 34.2 Å². The first-order chi connectivity index (χ1) is 10.5. The minimum Gasteiger partial charge on any atom is -0.378 e. The maximum Gasteiger partial charge on any atom is 0.108 e. The van der Waals surface area contributed by atoms with Gasteiger partial charge in [0.15, 0.2) is 0 Å². The molecule has 22 heavy (non-hydrogen) atoms. The van der Waals surface area contributed by atoms with E-state index in [0.29, 0.717) is 17.4 Å². The molecule has 1 aliphatic heterocycles. The number of anilines is 1. The molecule has 2 heterocycles. The van der Waals surface area contributed by atoms with Crippen LogP contribution in [0.3, 0.4) is 0 Å². The van der Waals surface area contributed by atoms with Crippen molar-refractivity contribution >= 4 is 16.3 Å². The van der Waals surface area contributed by atoms with Gasteiger partial charge in [-0.3, -0.25) is 4.98 Å². The van der Waals surface area contributed by atoms with Crippen LogP contribution in [0.4, 0.5) is 5.00 Å². The first-order valence-corrected chi connectivity index (χ1v) is 9.63. The average molecular weight is 325 g/mol. The molecule has 126 valence electrons. The summed E-state index contributed by atoms with van der Waals surface area (Å²) in [7, 11) is 0. The van der Waals surface area contributed by atoms with Gasteiger partial charge in [-0.1, -0.05) is 34.1 Å². The summed E-state index contributed by atoms with van der Waals surface area (Å²) in [5.41, 5.74) is 2.34. The van der Waals surface area contributed by atoms with Crippen molar-refractivity contribution in [3.05, 3.63) is 11.7 Å². The van der Waals surface area contributed by atoms with Crippen molar-refractivity contribution in [3.63, 3.8) is 0 Å². The van der Waals surface area contributed by atoms with Crippen LogP contribution in [0.2, 0.25) is 0 Å². The van der Waals surface area contributed by atoms with Gasteiger partial charge in [-0.05, 0) is 42.9 Å². The van der Waals surface area contributed by atoms with Crippen LogP contribution in [-0.2, 0) is 4.74 Å². The molecule has 1 aromatic rings. The summed E-state index contributed by atoms with van der Waals surface area (Å²) in [5.74, 6) is 1.40. The van der Waals surface area contributed by atoms with Crippen molar-refractivity contribution in [2.75, 3.05) is 18.5 Å². The smallest absolute Gasteiger partial charge is 0.108 e. The van der Waals surface area contributed by atoms with Crippen LogP contribution >= 0.6 is 11.3 Å². The average Bonchev–Trinajstić information content (AvgIpc) is 2.99. The summed E-state index contributed by atoms with van der Waals surface area (Å²) in [4.78, 5) is 4.14. The van der Waals surface area contributed by atoms with Gasteiger partial charge < -0.3 is 10.1 Å². The Bertz CT molecular complexity index is 419. The van der Waals surface area contributed by atoms with E-state index in [4.69, 9.17) is 4.74 Å². The van der Waals surface area contributed by atoms with Crippen molar-refractivity contribution in [2.45, 2.75) is 65.9 Å². The Hall–Kier alpha value is -0.610. The molecule has 0 saturated carbocycles. The second-order valence-electron chi connectivity index (χ2n) is 7.58. The molecule has 0 radical (unpaired) electrons. The zero-order valence-corrected chi connectivity index (χ0v) is 15.4. The normalized spacial score (nSPS) is 25.8. The summed E-state index contributed by atoms with van der Waals surface area (Å²) in [6, 6.07) is 0. The number of rotatable bonds is 8. The fourth-order valence-electron chi connectivity index (χ4n) is 3.37. The lowest BCUT2D eigenvalue weighted by Gasteiger charge is -2.43. The predicted molar refractivity (Wildman–Crippen MR) is 95.5 cm³/mol. The molecule has 0 unspecified atom stereocenters.